The summed E-state index contributed by atoms with van der Waals surface area (Å²) in [6.07, 6.45) is 5.62. The molecular formula is C20H20FNO3. The smallest absolute Gasteiger partial charge is 0.310 e. The van der Waals surface area contributed by atoms with Gasteiger partial charge in [0.2, 0.25) is 0 Å². The zero-order valence-corrected chi connectivity index (χ0v) is 14.3. The molecule has 0 N–H and O–H groups in total. The Morgan fingerprint density at radius 1 is 1.20 bits per heavy atom. The summed E-state index contributed by atoms with van der Waals surface area (Å²) in [6.45, 7) is 0.918. The molecular weight excluding hydrogens is 321 g/mol. The number of terminal acetylenes is 1. The number of benzene rings is 2. The topological polar surface area (TPSA) is 38.8 Å². The third-order valence-electron chi connectivity index (χ3n) is 3.77. The van der Waals surface area contributed by atoms with Crippen LogP contribution in [0.3, 0.4) is 0 Å². The van der Waals surface area contributed by atoms with Crippen LogP contribution in [0, 0.1) is 18.2 Å². The van der Waals surface area contributed by atoms with Gasteiger partial charge in [-0.1, -0.05) is 24.1 Å². The van der Waals surface area contributed by atoms with E-state index in [2.05, 4.69) is 5.92 Å². The summed E-state index contributed by atoms with van der Waals surface area (Å²) in [4.78, 5) is 13.5. The highest BCUT2D eigenvalue weighted by molar-refractivity contribution is 5.74. The Kier molecular flexibility index (Phi) is 6.41. The Labute approximate surface area is 147 Å². The first-order valence-electron chi connectivity index (χ1n) is 7.74. The molecule has 0 heterocycles. The summed E-state index contributed by atoms with van der Waals surface area (Å²) in [7, 11) is 2.89. The van der Waals surface area contributed by atoms with Gasteiger partial charge in [-0.15, -0.1) is 6.42 Å². The first-order chi connectivity index (χ1) is 12.1. The van der Waals surface area contributed by atoms with E-state index >= 15 is 0 Å². The molecule has 0 saturated heterocycles. The second-order valence-corrected chi connectivity index (χ2v) is 5.44. The summed E-state index contributed by atoms with van der Waals surface area (Å²) in [5.41, 5.74) is 2.53. The molecule has 5 heteroatoms. The molecule has 0 radical (unpaired) electrons. The summed E-state index contributed by atoms with van der Waals surface area (Å²) >= 11 is 0. The first-order valence-corrected chi connectivity index (χ1v) is 7.74. The number of methoxy groups -OCH3 is 2. The molecule has 0 fully saturated rings. The van der Waals surface area contributed by atoms with Gasteiger partial charge in [-0.25, -0.2) is 4.39 Å². The highest BCUT2D eigenvalue weighted by atomic mass is 19.1. The maximum Gasteiger partial charge on any atom is 0.310 e. The fraction of sp³-hybridized carbons (Fsp3) is 0.250. The van der Waals surface area contributed by atoms with Crippen LogP contribution in [0.25, 0.3) is 0 Å². The molecule has 0 amide bonds. The summed E-state index contributed by atoms with van der Waals surface area (Å²) in [5.74, 6) is 2.60. The second kappa shape index (κ2) is 8.74. The van der Waals surface area contributed by atoms with Gasteiger partial charge in [-0.2, -0.15) is 0 Å². The lowest BCUT2D eigenvalue weighted by molar-refractivity contribution is -0.139. The molecule has 2 aromatic carbocycles. The number of nitrogens with zero attached hydrogens (tertiary/aromatic N) is 1. The van der Waals surface area contributed by atoms with Crippen LogP contribution >= 0.6 is 0 Å². The number of ether oxygens (including phenoxy) is 2. The van der Waals surface area contributed by atoms with E-state index in [1.807, 2.05) is 23.1 Å². The van der Waals surface area contributed by atoms with Gasteiger partial charge >= 0.3 is 5.97 Å². The molecule has 0 aliphatic rings. The first kappa shape index (κ1) is 18.3. The van der Waals surface area contributed by atoms with E-state index in [9.17, 15) is 9.18 Å². The van der Waals surface area contributed by atoms with Crippen molar-refractivity contribution in [1.29, 1.82) is 0 Å². The summed E-state index contributed by atoms with van der Waals surface area (Å²) in [6, 6.07) is 11.8. The number of halogens is 1. The molecule has 0 atom stereocenters. The number of rotatable bonds is 7. The lowest BCUT2D eigenvalue weighted by Crippen LogP contribution is -2.23. The number of hydrogen-bond donors (Lipinski definition) is 0. The Hall–Kier alpha value is -3.00. The highest BCUT2D eigenvalue weighted by Crippen LogP contribution is 2.27. The van der Waals surface area contributed by atoms with E-state index in [0.717, 1.165) is 16.8 Å². The maximum absolute atomic E-state index is 13.1. The van der Waals surface area contributed by atoms with Crippen molar-refractivity contribution in [3.63, 3.8) is 0 Å². The number of carbonyl (C=O) groups excluding carboxylic acids is 1. The summed E-state index contributed by atoms with van der Waals surface area (Å²) in [5, 5.41) is 0. The van der Waals surface area contributed by atoms with Crippen molar-refractivity contribution in [2.45, 2.75) is 13.0 Å². The van der Waals surface area contributed by atoms with Crippen molar-refractivity contribution in [1.82, 2.24) is 0 Å². The molecule has 130 valence electrons. The van der Waals surface area contributed by atoms with E-state index in [1.54, 1.807) is 19.2 Å². The van der Waals surface area contributed by atoms with Gasteiger partial charge in [0, 0.05) is 23.9 Å². The van der Waals surface area contributed by atoms with Gasteiger partial charge in [0.05, 0.1) is 27.2 Å². The number of hydrogen-bond acceptors (Lipinski definition) is 4. The van der Waals surface area contributed by atoms with Crippen LogP contribution in [0.15, 0.2) is 42.5 Å². The van der Waals surface area contributed by atoms with Crippen LogP contribution in [-0.2, 0) is 22.5 Å². The minimum atomic E-state index is -0.335. The third-order valence-corrected chi connectivity index (χ3v) is 3.77. The van der Waals surface area contributed by atoms with E-state index in [0.29, 0.717) is 18.8 Å². The molecule has 2 aromatic rings. The molecule has 25 heavy (non-hydrogen) atoms. The van der Waals surface area contributed by atoms with E-state index in [4.69, 9.17) is 15.9 Å². The van der Waals surface area contributed by atoms with Gasteiger partial charge in [0.15, 0.2) is 0 Å². The van der Waals surface area contributed by atoms with Crippen molar-refractivity contribution in [3.05, 3.63) is 59.4 Å². The highest BCUT2D eigenvalue weighted by Gasteiger charge is 2.13. The van der Waals surface area contributed by atoms with Crippen molar-refractivity contribution >= 4 is 11.7 Å². The lowest BCUT2D eigenvalue weighted by atomic mass is 10.1. The van der Waals surface area contributed by atoms with Crippen LogP contribution in [-0.4, -0.2) is 26.7 Å². The van der Waals surface area contributed by atoms with Crippen molar-refractivity contribution < 1.29 is 18.7 Å². The fourth-order valence-electron chi connectivity index (χ4n) is 2.46. The predicted octanol–water partition coefficient (Wildman–Crippen LogP) is 3.19. The van der Waals surface area contributed by atoms with Gasteiger partial charge < -0.3 is 14.4 Å². The molecule has 0 aromatic heterocycles. The van der Waals surface area contributed by atoms with E-state index in [-0.39, 0.29) is 18.2 Å². The normalized spacial score (nSPS) is 10.0. The molecule has 0 spiro atoms. The third kappa shape index (κ3) is 4.98. The van der Waals surface area contributed by atoms with Gasteiger partial charge in [0.25, 0.3) is 0 Å². The van der Waals surface area contributed by atoms with Crippen LogP contribution in [0.4, 0.5) is 10.1 Å². The standard InChI is InChI=1S/C20H20FNO3/c1-4-11-22(14-15-5-8-17(21)9-6-15)18-10-7-16(12-20(23)25-3)19(13-18)24-2/h1,5-10,13H,11-12,14H2,2-3H3. The molecule has 4 nitrogen and oxygen atoms in total. The van der Waals surface area contributed by atoms with E-state index < -0.39 is 0 Å². The number of esters is 1. The van der Waals surface area contributed by atoms with Crippen molar-refractivity contribution in [2.24, 2.45) is 0 Å². The molecule has 0 bridgehead atoms. The van der Waals surface area contributed by atoms with Gasteiger partial charge in [-0.3, -0.25) is 4.79 Å². The van der Waals surface area contributed by atoms with Crippen molar-refractivity contribution in [2.75, 3.05) is 25.7 Å². The zero-order valence-electron chi connectivity index (χ0n) is 14.3. The monoisotopic (exact) mass is 341 g/mol. The Balaban J connectivity index is 2.26. The molecule has 0 unspecified atom stereocenters. The number of anilines is 1. The molecule has 0 saturated carbocycles. The zero-order chi connectivity index (χ0) is 18.2. The van der Waals surface area contributed by atoms with Crippen LogP contribution in [0.5, 0.6) is 5.75 Å². The van der Waals surface area contributed by atoms with Gasteiger partial charge in [0.1, 0.15) is 11.6 Å². The maximum atomic E-state index is 13.1. The average Bonchev–Trinajstić information content (AvgIpc) is 2.63. The minimum absolute atomic E-state index is 0.132. The van der Waals surface area contributed by atoms with Crippen molar-refractivity contribution in [3.8, 4) is 18.1 Å². The molecule has 0 aliphatic heterocycles. The second-order valence-electron chi connectivity index (χ2n) is 5.44. The minimum Gasteiger partial charge on any atom is -0.496 e. The van der Waals surface area contributed by atoms with Crippen LogP contribution in [0.1, 0.15) is 11.1 Å². The fourth-order valence-corrected chi connectivity index (χ4v) is 2.46. The van der Waals surface area contributed by atoms with Gasteiger partial charge in [-0.05, 0) is 23.8 Å². The Morgan fingerprint density at radius 2 is 1.92 bits per heavy atom. The number of carbonyl (C=O) groups is 1. The summed E-state index contributed by atoms with van der Waals surface area (Å²) < 4.78 is 23.2. The predicted molar refractivity (Wildman–Crippen MR) is 95.0 cm³/mol. The molecule has 0 aliphatic carbocycles. The largest absolute Gasteiger partial charge is 0.496 e. The Morgan fingerprint density at radius 3 is 2.52 bits per heavy atom. The SMILES string of the molecule is C#CCN(Cc1ccc(F)cc1)c1ccc(CC(=O)OC)c(OC)c1. The van der Waals surface area contributed by atoms with Crippen LogP contribution in [0.2, 0.25) is 0 Å². The quantitative estimate of drug-likeness (QED) is 0.573. The average molecular weight is 341 g/mol. The lowest BCUT2D eigenvalue weighted by Gasteiger charge is -2.24. The molecule has 2 rings (SSSR count). The van der Waals surface area contributed by atoms with E-state index in [1.165, 1.54) is 19.2 Å². The Bertz CT molecular complexity index is 766. The van der Waals surface area contributed by atoms with Crippen LogP contribution < -0.4 is 9.64 Å².